The van der Waals surface area contributed by atoms with Crippen molar-refractivity contribution >= 4 is 17.5 Å². The van der Waals surface area contributed by atoms with Crippen LogP contribution >= 0.6 is 11.6 Å². The summed E-state index contributed by atoms with van der Waals surface area (Å²) >= 11 is 6.33. The van der Waals surface area contributed by atoms with Crippen LogP contribution in [0.4, 0.5) is 0 Å². The number of hydrogen-bond acceptors (Lipinski definition) is 2. The summed E-state index contributed by atoms with van der Waals surface area (Å²) in [6.07, 6.45) is 4.78. The zero-order chi connectivity index (χ0) is 26.6. The number of aromatic nitrogens is 2. The summed E-state index contributed by atoms with van der Waals surface area (Å²) < 4.78 is 1.83. The lowest BCUT2D eigenvalue weighted by Crippen LogP contribution is -2.39. The van der Waals surface area contributed by atoms with Gasteiger partial charge in [0.05, 0.1) is 23.1 Å². The summed E-state index contributed by atoms with van der Waals surface area (Å²) in [6.45, 7) is 1.51. The molecule has 5 aromatic rings. The van der Waals surface area contributed by atoms with Gasteiger partial charge < -0.3 is 4.90 Å². The van der Waals surface area contributed by atoms with Crippen LogP contribution in [0.3, 0.4) is 0 Å². The van der Waals surface area contributed by atoms with Crippen LogP contribution < -0.4 is 0 Å². The lowest BCUT2D eigenvalue weighted by Gasteiger charge is -2.32. The molecule has 0 spiro atoms. The summed E-state index contributed by atoms with van der Waals surface area (Å²) in [7, 11) is 0. The van der Waals surface area contributed by atoms with E-state index in [4.69, 9.17) is 11.6 Å². The Hall–Kier alpha value is -4.15. The maximum atomic E-state index is 13.9. The molecule has 194 valence electrons. The highest BCUT2D eigenvalue weighted by atomic mass is 35.5. The van der Waals surface area contributed by atoms with E-state index >= 15 is 0 Å². The van der Waals surface area contributed by atoms with Gasteiger partial charge in [-0.3, -0.25) is 4.79 Å². The van der Waals surface area contributed by atoms with Crippen molar-refractivity contribution in [1.82, 2.24) is 14.7 Å². The third-order valence-corrected chi connectivity index (χ3v) is 7.82. The SMILES string of the molecule is O=C(c1cnn(-c2cccc(Cl)c2)c1-c1ccc(-c2ccccc2)cc1)N1CCC(Cc2ccccc2)CC1. The summed E-state index contributed by atoms with van der Waals surface area (Å²) in [6, 6.07) is 36.9. The van der Waals surface area contributed by atoms with E-state index in [0.29, 0.717) is 16.5 Å². The monoisotopic (exact) mass is 531 g/mol. The van der Waals surface area contributed by atoms with Crippen molar-refractivity contribution in [2.24, 2.45) is 5.92 Å². The van der Waals surface area contributed by atoms with Crippen molar-refractivity contribution in [3.05, 3.63) is 132 Å². The van der Waals surface area contributed by atoms with E-state index in [1.54, 1.807) is 6.20 Å². The van der Waals surface area contributed by atoms with E-state index in [2.05, 4.69) is 71.8 Å². The highest BCUT2D eigenvalue weighted by Gasteiger charge is 2.28. The molecule has 1 aliphatic heterocycles. The molecule has 0 radical (unpaired) electrons. The van der Waals surface area contributed by atoms with Crippen LogP contribution in [-0.2, 0) is 6.42 Å². The van der Waals surface area contributed by atoms with E-state index in [9.17, 15) is 4.79 Å². The number of carbonyl (C=O) groups is 1. The number of amides is 1. The number of carbonyl (C=O) groups excluding carboxylic acids is 1. The van der Waals surface area contributed by atoms with Gasteiger partial charge in [-0.2, -0.15) is 5.10 Å². The average molecular weight is 532 g/mol. The Labute approximate surface area is 234 Å². The van der Waals surface area contributed by atoms with Gasteiger partial charge in [-0.05, 0) is 60.1 Å². The first-order valence-corrected chi connectivity index (χ1v) is 13.9. The van der Waals surface area contributed by atoms with E-state index in [1.807, 2.05) is 52.0 Å². The van der Waals surface area contributed by atoms with Gasteiger partial charge in [-0.25, -0.2) is 4.68 Å². The molecule has 1 aliphatic rings. The maximum Gasteiger partial charge on any atom is 0.257 e. The molecule has 0 aliphatic carbocycles. The van der Waals surface area contributed by atoms with Crippen LogP contribution in [0.25, 0.3) is 28.1 Å². The fourth-order valence-corrected chi connectivity index (χ4v) is 5.68. The topological polar surface area (TPSA) is 38.1 Å². The van der Waals surface area contributed by atoms with E-state index in [-0.39, 0.29) is 5.91 Å². The first kappa shape index (κ1) is 25.1. The van der Waals surface area contributed by atoms with Gasteiger partial charge in [0.25, 0.3) is 5.91 Å². The third-order valence-electron chi connectivity index (χ3n) is 7.59. The molecule has 4 nitrogen and oxygen atoms in total. The predicted octanol–water partition coefficient (Wildman–Crippen LogP) is 7.95. The first-order chi connectivity index (χ1) is 19.2. The van der Waals surface area contributed by atoms with Crippen LogP contribution in [-0.4, -0.2) is 33.7 Å². The molecule has 1 saturated heterocycles. The summed E-state index contributed by atoms with van der Waals surface area (Å²) in [5.74, 6) is 0.624. The molecule has 4 aromatic carbocycles. The zero-order valence-corrected chi connectivity index (χ0v) is 22.5. The van der Waals surface area contributed by atoms with Crippen molar-refractivity contribution in [3.8, 4) is 28.1 Å². The van der Waals surface area contributed by atoms with E-state index in [1.165, 1.54) is 5.56 Å². The molecule has 5 heteroatoms. The lowest BCUT2D eigenvalue weighted by atomic mass is 9.90. The second kappa shape index (κ2) is 11.3. The second-order valence-corrected chi connectivity index (χ2v) is 10.6. The fourth-order valence-electron chi connectivity index (χ4n) is 5.50. The highest BCUT2D eigenvalue weighted by Crippen LogP contribution is 2.32. The van der Waals surface area contributed by atoms with Crippen LogP contribution in [0.1, 0.15) is 28.8 Å². The average Bonchev–Trinajstić information content (AvgIpc) is 3.44. The minimum atomic E-state index is 0.0311. The molecular formula is C34H30ClN3O. The molecule has 1 fully saturated rings. The molecule has 0 saturated carbocycles. The van der Waals surface area contributed by atoms with Gasteiger partial charge in [0.2, 0.25) is 0 Å². The van der Waals surface area contributed by atoms with Crippen molar-refractivity contribution in [2.45, 2.75) is 19.3 Å². The molecule has 0 bridgehead atoms. The Morgan fingerprint density at radius 2 is 1.41 bits per heavy atom. The normalized spacial score (nSPS) is 13.9. The van der Waals surface area contributed by atoms with Crippen LogP contribution in [0.2, 0.25) is 5.02 Å². The van der Waals surface area contributed by atoms with Crippen LogP contribution in [0.15, 0.2) is 115 Å². The van der Waals surface area contributed by atoms with Gasteiger partial charge in [-0.15, -0.1) is 0 Å². The number of benzene rings is 4. The van der Waals surface area contributed by atoms with Gasteiger partial charge in [0.1, 0.15) is 0 Å². The Kier molecular flexibility index (Phi) is 7.29. The third kappa shape index (κ3) is 5.52. The maximum absolute atomic E-state index is 13.9. The molecule has 6 rings (SSSR count). The van der Waals surface area contributed by atoms with Gasteiger partial charge >= 0.3 is 0 Å². The van der Waals surface area contributed by atoms with Crippen molar-refractivity contribution in [1.29, 1.82) is 0 Å². The summed E-state index contributed by atoms with van der Waals surface area (Å²) in [4.78, 5) is 15.9. The van der Waals surface area contributed by atoms with E-state index in [0.717, 1.165) is 60.4 Å². The number of likely N-dealkylation sites (tertiary alicyclic amines) is 1. The smallest absolute Gasteiger partial charge is 0.257 e. The number of rotatable bonds is 6. The number of hydrogen-bond donors (Lipinski definition) is 0. The lowest BCUT2D eigenvalue weighted by molar-refractivity contribution is 0.0691. The molecule has 0 N–H and O–H groups in total. The quantitative estimate of drug-likeness (QED) is 0.223. The number of piperidine rings is 1. The van der Waals surface area contributed by atoms with Crippen molar-refractivity contribution in [2.75, 3.05) is 13.1 Å². The summed E-state index contributed by atoms with van der Waals surface area (Å²) in [5.41, 5.74) is 6.81. The predicted molar refractivity (Wildman–Crippen MR) is 158 cm³/mol. The molecular weight excluding hydrogens is 502 g/mol. The van der Waals surface area contributed by atoms with Crippen molar-refractivity contribution in [3.63, 3.8) is 0 Å². The fraction of sp³-hybridized carbons (Fsp3) is 0.176. The zero-order valence-electron chi connectivity index (χ0n) is 21.7. The Bertz CT molecular complexity index is 1550. The Morgan fingerprint density at radius 1 is 0.769 bits per heavy atom. The highest BCUT2D eigenvalue weighted by molar-refractivity contribution is 6.30. The van der Waals surface area contributed by atoms with Crippen LogP contribution in [0, 0.1) is 5.92 Å². The van der Waals surface area contributed by atoms with Crippen LogP contribution in [0.5, 0.6) is 0 Å². The molecule has 0 atom stereocenters. The molecule has 39 heavy (non-hydrogen) atoms. The number of nitrogens with zero attached hydrogens (tertiary/aromatic N) is 3. The molecule has 1 aromatic heterocycles. The van der Waals surface area contributed by atoms with Gasteiger partial charge in [0.15, 0.2) is 0 Å². The van der Waals surface area contributed by atoms with Gasteiger partial charge in [-0.1, -0.05) is 103 Å². The minimum absolute atomic E-state index is 0.0311. The largest absolute Gasteiger partial charge is 0.339 e. The van der Waals surface area contributed by atoms with Crippen molar-refractivity contribution < 1.29 is 4.79 Å². The summed E-state index contributed by atoms with van der Waals surface area (Å²) in [5, 5.41) is 5.31. The number of halogens is 1. The standard InChI is InChI=1S/C34H30ClN3O/c35-30-12-7-13-31(23-30)38-33(29-16-14-28(15-17-29)27-10-5-2-6-11-27)32(24-36-38)34(39)37-20-18-26(19-21-37)22-25-8-3-1-4-9-25/h1-17,23-24,26H,18-22H2. The molecule has 2 heterocycles. The van der Waals surface area contributed by atoms with E-state index < -0.39 is 0 Å². The first-order valence-electron chi connectivity index (χ1n) is 13.5. The van der Waals surface area contributed by atoms with Gasteiger partial charge in [0, 0.05) is 23.7 Å². The Morgan fingerprint density at radius 3 is 2.10 bits per heavy atom. The second-order valence-electron chi connectivity index (χ2n) is 10.2. The minimum Gasteiger partial charge on any atom is -0.339 e. The molecule has 0 unspecified atom stereocenters. The Balaban J connectivity index is 1.29. The molecule has 1 amide bonds.